The molecule has 1 saturated carbocycles. The van der Waals surface area contributed by atoms with Gasteiger partial charge in [0.05, 0.1) is 5.39 Å². The molecule has 3 rings (SSSR count). The van der Waals surface area contributed by atoms with Gasteiger partial charge in [-0.25, -0.2) is 9.97 Å². The van der Waals surface area contributed by atoms with Crippen LogP contribution in [0, 0.1) is 6.92 Å². The number of anilines is 1. The van der Waals surface area contributed by atoms with Crippen molar-refractivity contribution in [2.45, 2.75) is 44.7 Å². The lowest BCUT2D eigenvalue weighted by Crippen LogP contribution is -2.33. The quantitative estimate of drug-likeness (QED) is 0.878. The molecule has 4 nitrogen and oxygen atoms in total. The van der Waals surface area contributed by atoms with Crippen molar-refractivity contribution in [2.24, 2.45) is 5.73 Å². The van der Waals surface area contributed by atoms with Gasteiger partial charge in [-0.3, -0.25) is 0 Å². The first-order valence-corrected chi connectivity index (χ1v) is 8.18. The van der Waals surface area contributed by atoms with Crippen LogP contribution in [-0.2, 0) is 0 Å². The number of aromatic nitrogens is 2. The molecule has 2 aromatic rings. The van der Waals surface area contributed by atoms with E-state index in [0.29, 0.717) is 12.1 Å². The summed E-state index contributed by atoms with van der Waals surface area (Å²) in [5.41, 5.74) is 5.95. The largest absolute Gasteiger partial charge is 0.367 e. The van der Waals surface area contributed by atoms with E-state index in [9.17, 15) is 0 Å². The van der Waals surface area contributed by atoms with Gasteiger partial charge in [-0.2, -0.15) is 0 Å². The van der Waals surface area contributed by atoms with Gasteiger partial charge in [0.25, 0.3) is 0 Å². The number of nitrogens with one attached hydrogen (secondary N) is 1. The van der Waals surface area contributed by atoms with Crippen LogP contribution in [0.5, 0.6) is 0 Å². The highest BCUT2D eigenvalue weighted by molar-refractivity contribution is 9.10. The number of rotatable bonds is 2. The van der Waals surface area contributed by atoms with Crippen molar-refractivity contribution < 1.29 is 0 Å². The highest BCUT2D eigenvalue weighted by Gasteiger charge is 2.20. The average Bonchev–Trinajstić information content (AvgIpc) is 2.69. The van der Waals surface area contributed by atoms with Crippen LogP contribution in [0.1, 0.15) is 30.6 Å². The monoisotopic (exact) mass is 340 g/mol. The van der Waals surface area contributed by atoms with Crippen molar-refractivity contribution in [2.75, 3.05) is 5.32 Å². The minimum absolute atomic E-state index is 0.374. The molecule has 6 heteroatoms. The lowest BCUT2D eigenvalue weighted by molar-refractivity contribution is 0.410. The highest BCUT2D eigenvalue weighted by Crippen LogP contribution is 2.37. The summed E-state index contributed by atoms with van der Waals surface area (Å²) < 4.78 is 1.11. The standard InChI is InChI=1S/C13H17BrN4S/c1-7-11(14)10-12(16-6-17-13(10)19-7)18-9-4-2-8(15)3-5-9/h6,8-9H,2-5,15H2,1H3,(H,16,17,18). The first-order valence-electron chi connectivity index (χ1n) is 6.57. The third-order valence-corrected chi connectivity index (χ3v) is 5.97. The van der Waals surface area contributed by atoms with Gasteiger partial charge in [-0.15, -0.1) is 11.3 Å². The summed E-state index contributed by atoms with van der Waals surface area (Å²) in [6.45, 7) is 2.10. The Balaban J connectivity index is 1.88. The Labute approximate surface area is 124 Å². The van der Waals surface area contributed by atoms with Crippen LogP contribution in [0.2, 0.25) is 0 Å². The fraction of sp³-hybridized carbons (Fsp3) is 0.538. The Hall–Kier alpha value is -0.720. The van der Waals surface area contributed by atoms with Crippen LogP contribution < -0.4 is 11.1 Å². The van der Waals surface area contributed by atoms with Gasteiger partial charge in [0, 0.05) is 21.4 Å². The number of fused-ring (bicyclic) bond motifs is 1. The molecule has 2 aromatic heterocycles. The van der Waals surface area contributed by atoms with E-state index in [1.165, 1.54) is 4.88 Å². The van der Waals surface area contributed by atoms with Crippen molar-refractivity contribution in [3.63, 3.8) is 0 Å². The van der Waals surface area contributed by atoms with Crippen molar-refractivity contribution in [1.29, 1.82) is 0 Å². The fourth-order valence-electron chi connectivity index (χ4n) is 2.58. The number of nitrogens with zero attached hydrogens (tertiary/aromatic N) is 2. The molecule has 0 aliphatic heterocycles. The number of halogens is 1. The van der Waals surface area contributed by atoms with Crippen LogP contribution in [0.15, 0.2) is 10.8 Å². The second-order valence-corrected chi connectivity index (χ2v) is 7.13. The Morgan fingerprint density at radius 1 is 1.32 bits per heavy atom. The molecular formula is C13H17BrN4S. The van der Waals surface area contributed by atoms with E-state index in [4.69, 9.17) is 5.73 Å². The molecule has 0 spiro atoms. The molecule has 1 aliphatic carbocycles. The number of nitrogens with two attached hydrogens (primary N) is 1. The average molecular weight is 341 g/mol. The molecule has 1 aliphatic rings. The predicted molar refractivity (Wildman–Crippen MR) is 83.7 cm³/mol. The third kappa shape index (κ3) is 2.61. The summed E-state index contributed by atoms with van der Waals surface area (Å²) in [7, 11) is 0. The van der Waals surface area contributed by atoms with Crippen LogP contribution in [0.4, 0.5) is 5.82 Å². The maximum Gasteiger partial charge on any atom is 0.139 e. The molecule has 0 amide bonds. The van der Waals surface area contributed by atoms with E-state index >= 15 is 0 Å². The van der Waals surface area contributed by atoms with E-state index in [-0.39, 0.29) is 0 Å². The molecule has 0 atom stereocenters. The fourth-order valence-corrected chi connectivity index (χ4v) is 4.21. The summed E-state index contributed by atoms with van der Waals surface area (Å²) in [5, 5.41) is 4.68. The van der Waals surface area contributed by atoms with E-state index in [1.807, 2.05) is 0 Å². The van der Waals surface area contributed by atoms with Crippen molar-refractivity contribution >= 4 is 43.3 Å². The zero-order valence-electron chi connectivity index (χ0n) is 10.8. The zero-order valence-corrected chi connectivity index (χ0v) is 13.2. The minimum Gasteiger partial charge on any atom is -0.367 e. The van der Waals surface area contributed by atoms with Crippen molar-refractivity contribution in [3.05, 3.63) is 15.7 Å². The zero-order chi connectivity index (χ0) is 13.4. The van der Waals surface area contributed by atoms with Crippen molar-refractivity contribution in [3.8, 4) is 0 Å². The molecule has 1 fully saturated rings. The Morgan fingerprint density at radius 3 is 2.79 bits per heavy atom. The number of hydrogen-bond donors (Lipinski definition) is 2. The molecule has 0 aromatic carbocycles. The smallest absolute Gasteiger partial charge is 0.139 e. The van der Waals surface area contributed by atoms with Crippen LogP contribution in [-0.4, -0.2) is 22.1 Å². The normalized spacial score (nSPS) is 23.7. The molecule has 19 heavy (non-hydrogen) atoms. The molecule has 2 heterocycles. The molecular weight excluding hydrogens is 324 g/mol. The van der Waals surface area contributed by atoms with Gasteiger partial charge in [0.2, 0.25) is 0 Å². The van der Waals surface area contributed by atoms with Gasteiger partial charge in [-0.1, -0.05) is 0 Å². The van der Waals surface area contributed by atoms with Gasteiger partial charge in [0.15, 0.2) is 0 Å². The SMILES string of the molecule is Cc1sc2ncnc(NC3CCC(N)CC3)c2c1Br. The van der Waals surface area contributed by atoms with Gasteiger partial charge >= 0.3 is 0 Å². The van der Waals surface area contributed by atoms with E-state index < -0.39 is 0 Å². The molecule has 3 N–H and O–H groups in total. The van der Waals surface area contributed by atoms with E-state index in [2.05, 4.69) is 38.1 Å². The maximum atomic E-state index is 5.95. The summed E-state index contributed by atoms with van der Waals surface area (Å²) in [4.78, 5) is 11.0. The molecule has 0 unspecified atom stereocenters. The first kappa shape index (κ1) is 13.3. The number of thiophene rings is 1. The summed E-state index contributed by atoms with van der Waals surface area (Å²) in [6.07, 6.45) is 6.06. The summed E-state index contributed by atoms with van der Waals surface area (Å²) in [5.74, 6) is 0.946. The Morgan fingerprint density at radius 2 is 2.05 bits per heavy atom. The van der Waals surface area contributed by atoms with Crippen molar-refractivity contribution in [1.82, 2.24) is 9.97 Å². The Kier molecular flexibility index (Phi) is 3.73. The highest BCUT2D eigenvalue weighted by atomic mass is 79.9. The van der Waals surface area contributed by atoms with Gasteiger partial charge in [-0.05, 0) is 48.5 Å². The minimum atomic E-state index is 0.374. The third-order valence-electron chi connectivity index (χ3n) is 3.70. The van der Waals surface area contributed by atoms with Crippen LogP contribution in [0.3, 0.4) is 0 Å². The van der Waals surface area contributed by atoms with Crippen LogP contribution >= 0.6 is 27.3 Å². The van der Waals surface area contributed by atoms with Crippen LogP contribution in [0.25, 0.3) is 10.2 Å². The molecule has 102 valence electrons. The maximum absolute atomic E-state index is 5.95. The molecule has 0 bridgehead atoms. The molecule has 0 saturated heterocycles. The second-order valence-electron chi connectivity index (χ2n) is 5.13. The number of aryl methyl sites for hydroxylation is 1. The van der Waals surface area contributed by atoms with E-state index in [0.717, 1.165) is 46.2 Å². The summed E-state index contributed by atoms with van der Waals surface area (Å²) in [6, 6.07) is 0.851. The lowest BCUT2D eigenvalue weighted by Gasteiger charge is -2.27. The second kappa shape index (κ2) is 5.34. The van der Waals surface area contributed by atoms with Gasteiger partial charge < -0.3 is 11.1 Å². The Bertz CT molecular complexity index is 590. The first-order chi connectivity index (χ1) is 9.15. The molecule has 0 radical (unpaired) electrons. The number of hydrogen-bond acceptors (Lipinski definition) is 5. The van der Waals surface area contributed by atoms with Gasteiger partial charge in [0.1, 0.15) is 17.0 Å². The van der Waals surface area contributed by atoms with E-state index in [1.54, 1.807) is 17.7 Å². The summed E-state index contributed by atoms with van der Waals surface area (Å²) >= 11 is 5.34. The lowest BCUT2D eigenvalue weighted by atomic mass is 9.92. The predicted octanol–water partition coefficient (Wildman–Crippen LogP) is 3.44. The topological polar surface area (TPSA) is 63.8 Å².